The van der Waals surface area contributed by atoms with Gasteiger partial charge in [-0.3, -0.25) is 9.59 Å². The lowest BCUT2D eigenvalue weighted by molar-refractivity contribution is -0.114. The van der Waals surface area contributed by atoms with Crippen LogP contribution in [-0.4, -0.2) is 35.5 Å². The molecule has 0 bridgehead atoms. The minimum absolute atomic E-state index is 0.148. The lowest BCUT2D eigenvalue weighted by atomic mass is 10.1. The van der Waals surface area contributed by atoms with Crippen LogP contribution in [0.5, 0.6) is 0 Å². The van der Waals surface area contributed by atoms with Crippen molar-refractivity contribution in [2.24, 2.45) is 0 Å². The second-order valence-corrected chi connectivity index (χ2v) is 5.44. The molecule has 1 saturated heterocycles. The van der Waals surface area contributed by atoms with E-state index in [9.17, 15) is 9.59 Å². The van der Waals surface area contributed by atoms with E-state index in [0.717, 1.165) is 25.9 Å². The fourth-order valence-electron chi connectivity index (χ4n) is 2.39. The van der Waals surface area contributed by atoms with E-state index in [2.05, 4.69) is 17.3 Å². The van der Waals surface area contributed by atoms with Crippen LogP contribution in [0, 0.1) is 0 Å². The minimum atomic E-state index is -0.269. The van der Waals surface area contributed by atoms with E-state index in [1.165, 1.54) is 13.0 Å². The molecule has 5 nitrogen and oxygen atoms in total. The Morgan fingerprint density at radius 3 is 2.63 bits per heavy atom. The van der Waals surface area contributed by atoms with Crippen LogP contribution in [0.4, 0.5) is 5.69 Å². The Kier molecular flexibility index (Phi) is 4.27. The number of nitrogens with zero attached hydrogens (tertiary/aromatic N) is 2. The fourth-order valence-corrected chi connectivity index (χ4v) is 2.61. The van der Waals surface area contributed by atoms with Crippen LogP contribution in [0.2, 0.25) is 5.02 Å². The van der Waals surface area contributed by atoms with Gasteiger partial charge in [-0.05, 0) is 39.0 Å². The second-order valence-electron chi connectivity index (χ2n) is 5.00. The Bertz CT molecular complexity index is 533. The Labute approximate surface area is 117 Å². The highest BCUT2D eigenvalue weighted by molar-refractivity contribution is 6.30. The molecule has 0 saturated carbocycles. The van der Waals surface area contributed by atoms with Crippen LogP contribution in [0.15, 0.2) is 17.1 Å². The fraction of sp³-hybridized carbons (Fsp3) is 0.538. The molecule has 1 N–H and O–H groups in total. The van der Waals surface area contributed by atoms with Crippen molar-refractivity contribution < 1.29 is 4.79 Å². The molecule has 0 unspecified atom stereocenters. The van der Waals surface area contributed by atoms with Crippen molar-refractivity contribution in [2.75, 3.05) is 25.5 Å². The first-order chi connectivity index (χ1) is 8.97. The molecule has 0 atom stereocenters. The summed E-state index contributed by atoms with van der Waals surface area (Å²) in [5.74, 6) is -0.269. The highest BCUT2D eigenvalue weighted by atomic mass is 35.5. The summed E-state index contributed by atoms with van der Waals surface area (Å²) in [6, 6.07) is 1.64. The smallest absolute Gasteiger partial charge is 0.274 e. The summed E-state index contributed by atoms with van der Waals surface area (Å²) in [7, 11) is 2.07. The van der Waals surface area contributed by atoms with Gasteiger partial charge in [0.2, 0.25) is 5.91 Å². The lowest BCUT2D eigenvalue weighted by Gasteiger charge is -2.30. The zero-order valence-electron chi connectivity index (χ0n) is 11.1. The van der Waals surface area contributed by atoms with Gasteiger partial charge < -0.3 is 14.8 Å². The molecule has 104 valence electrons. The highest BCUT2D eigenvalue weighted by Crippen LogP contribution is 2.22. The highest BCUT2D eigenvalue weighted by Gasteiger charge is 2.20. The summed E-state index contributed by atoms with van der Waals surface area (Å²) in [5.41, 5.74) is 0.0630. The monoisotopic (exact) mass is 283 g/mol. The van der Waals surface area contributed by atoms with E-state index >= 15 is 0 Å². The number of likely N-dealkylation sites (tertiary alicyclic amines) is 1. The van der Waals surface area contributed by atoms with Crippen molar-refractivity contribution in [3.63, 3.8) is 0 Å². The average Bonchev–Trinajstić information content (AvgIpc) is 2.34. The molecule has 6 heteroatoms. The van der Waals surface area contributed by atoms with Gasteiger partial charge in [0.1, 0.15) is 5.69 Å². The average molecular weight is 284 g/mol. The van der Waals surface area contributed by atoms with E-state index in [-0.39, 0.29) is 23.2 Å². The van der Waals surface area contributed by atoms with Crippen LogP contribution in [0.25, 0.3) is 0 Å². The molecule has 1 aromatic heterocycles. The molecular weight excluding hydrogens is 266 g/mol. The van der Waals surface area contributed by atoms with Crippen molar-refractivity contribution in [3.05, 3.63) is 27.6 Å². The predicted molar refractivity (Wildman–Crippen MR) is 75.8 cm³/mol. The van der Waals surface area contributed by atoms with Gasteiger partial charge in [0.15, 0.2) is 0 Å². The first-order valence-corrected chi connectivity index (χ1v) is 6.73. The summed E-state index contributed by atoms with van der Waals surface area (Å²) >= 11 is 6.03. The van der Waals surface area contributed by atoms with Crippen LogP contribution >= 0.6 is 11.6 Å². The Morgan fingerprint density at radius 2 is 2.05 bits per heavy atom. The van der Waals surface area contributed by atoms with E-state index in [1.807, 2.05) is 0 Å². The SMILES string of the molecule is CC(=O)Nc1cc(Cl)cn(C2CCN(C)CC2)c1=O. The van der Waals surface area contributed by atoms with E-state index < -0.39 is 0 Å². The Balaban J connectivity index is 2.32. The number of anilines is 1. The molecule has 19 heavy (non-hydrogen) atoms. The summed E-state index contributed by atoms with van der Waals surface area (Å²) in [5, 5.41) is 3.00. The van der Waals surface area contributed by atoms with E-state index in [0.29, 0.717) is 5.02 Å². The number of carbonyl (C=O) groups is 1. The third-order valence-electron chi connectivity index (χ3n) is 3.40. The first kappa shape index (κ1) is 14.1. The van der Waals surface area contributed by atoms with Gasteiger partial charge in [-0.1, -0.05) is 11.6 Å². The second kappa shape index (κ2) is 5.75. The largest absolute Gasteiger partial charge is 0.322 e. The number of amides is 1. The third-order valence-corrected chi connectivity index (χ3v) is 3.61. The topological polar surface area (TPSA) is 54.3 Å². The molecule has 0 aliphatic carbocycles. The minimum Gasteiger partial charge on any atom is -0.322 e. The van der Waals surface area contributed by atoms with Crippen LogP contribution in [0.3, 0.4) is 0 Å². The standard InChI is InChI=1S/C13H18ClN3O2/c1-9(18)15-12-7-10(14)8-17(13(12)19)11-3-5-16(2)6-4-11/h7-8,11H,3-6H2,1-2H3,(H,15,18). The van der Waals surface area contributed by atoms with Crippen LogP contribution in [0.1, 0.15) is 25.8 Å². The predicted octanol–water partition coefficient (Wildman–Crippen LogP) is 1.73. The zero-order chi connectivity index (χ0) is 14.0. The number of hydrogen-bond donors (Lipinski definition) is 1. The number of pyridine rings is 1. The van der Waals surface area contributed by atoms with Crippen LogP contribution < -0.4 is 10.9 Å². The molecule has 0 spiro atoms. The van der Waals surface area contributed by atoms with Gasteiger partial charge in [-0.15, -0.1) is 0 Å². The summed E-state index contributed by atoms with van der Waals surface area (Å²) in [4.78, 5) is 25.6. The Hall–Kier alpha value is -1.33. The van der Waals surface area contributed by atoms with Gasteiger partial charge in [-0.2, -0.15) is 0 Å². The molecule has 0 radical (unpaired) electrons. The number of rotatable bonds is 2. The number of piperidine rings is 1. The number of nitrogens with one attached hydrogen (secondary N) is 1. The van der Waals surface area contributed by atoms with Crippen molar-refractivity contribution in [1.29, 1.82) is 0 Å². The quantitative estimate of drug-likeness (QED) is 0.899. The maximum atomic E-state index is 12.3. The summed E-state index contributed by atoms with van der Waals surface area (Å²) in [6.45, 7) is 3.29. The van der Waals surface area contributed by atoms with Gasteiger partial charge >= 0.3 is 0 Å². The van der Waals surface area contributed by atoms with Gasteiger partial charge in [-0.25, -0.2) is 0 Å². The summed E-state index contributed by atoms with van der Waals surface area (Å²) in [6.07, 6.45) is 3.48. The normalized spacial score (nSPS) is 17.4. The number of halogens is 1. The zero-order valence-corrected chi connectivity index (χ0v) is 11.9. The molecular formula is C13H18ClN3O2. The molecule has 2 rings (SSSR count). The maximum absolute atomic E-state index is 12.3. The maximum Gasteiger partial charge on any atom is 0.274 e. The molecule has 0 aromatic carbocycles. The van der Waals surface area contributed by atoms with Gasteiger partial charge in [0.05, 0.1) is 5.02 Å². The van der Waals surface area contributed by atoms with Gasteiger partial charge in [0.25, 0.3) is 5.56 Å². The van der Waals surface area contributed by atoms with Gasteiger partial charge in [0, 0.05) is 19.2 Å². The molecule has 2 heterocycles. The van der Waals surface area contributed by atoms with E-state index in [1.54, 1.807) is 10.8 Å². The molecule has 1 fully saturated rings. The van der Waals surface area contributed by atoms with Crippen molar-refractivity contribution in [2.45, 2.75) is 25.8 Å². The summed E-state index contributed by atoms with van der Waals surface area (Å²) < 4.78 is 1.65. The first-order valence-electron chi connectivity index (χ1n) is 6.35. The molecule has 1 amide bonds. The van der Waals surface area contributed by atoms with Crippen LogP contribution in [-0.2, 0) is 4.79 Å². The number of carbonyl (C=O) groups excluding carboxylic acids is 1. The molecule has 1 aromatic rings. The number of aromatic nitrogens is 1. The number of hydrogen-bond acceptors (Lipinski definition) is 3. The van der Waals surface area contributed by atoms with Crippen molar-refractivity contribution in [1.82, 2.24) is 9.47 Å². The van der Waals surface area contributed by atoms with E-state index in [4.69, 9.17) is 11.6 Å². The Morgan fingerprint density at radius 1 is 1.42 bits per heavy atom. The van der Waals surface area contributed by atoms with Crippen molar-refractivity contribution in [3.8, 4) is 0 Å². The molecule has 1 aliphatic rings. The third kappa shape index (κ3) is 3.36. The lowest BCUT2D eigenvalue weighted by Crippen LogP contribution is -2.36. The van der Waals surface area contributed by atoms with Crippen molar-refractivity contribution >= 4 is 23.2 Å². The molecule has 1 aliphatic heterocycles.